The summed E-state index contributed by atoms with van der Waals surface area (Å²) in [7, 11) is 0. The van der Waals surface area contributed by atoms with Crippen LogP contribution in [0, 0.1) is 0 Å². The van der Waals surface area contributed by atoms with Crippen molar-refractivity contribution in [3.05, 3.63) is 0 Å². The van der Waals surface area contributed by atoms with Gasteiger partial charge in [-0.15, -0.1) is 12.4 Å². The fourth-order valence-electron chi connectivity index (χ4n) is 13.1. The molecule has 0 rings (SSSR count). The van der Waals surface area contributed by atoms with Gasteiger partial charge in [-0.3, -0.25) is 0 Å². The van der Waals surface area contributed by atoms with Crippen molar-refractivity contribution in [1.82, 2.24) is 6.76 Å². The molecule has 0 unspecified atom stereocenters. The van der Waals surface area contributed by atoms with Crippen LogP contribution in [0.15, 0.2) is 0 Å². The summed E-state index contributed by atoms with van der Waals surface area (Å²) in [6, 6.07) is 0. The first-order valence-electron chi connectivity index (χ1n) is 39.7. The minimum absolute atomic E-state index is 0. The summed E-state index contributed by atoms with van der Waals surface area (Å²) in [6.45, 7) is 17.9. The third kappa shape index (κ3) is 70.2. The first-order chi connectivity index (χ1) is 40.7. The second-order valence-electron chi connectivity index (χ2n) is 27.4. The molecule has 0 amide bonds. The van der Waals surface area contributed by atoms with E-state index < -0.39 is 18.8 Å². The molecule has 0 aliphatic carbocycles. The summed E-state index contributed by atoms with van der Waals surface area (Å²) in [5.41, 5.74) is 0. The smallest absolute Gasteiger partial charge is 0.147 e. The first-order valence-corrected chi connectivity index (χ1v) is 41.8. The van der Waals surface area contributed by atoms with Crippen molar-refractivity contribution >= 4 is 12.4 Å². The van der Waals surface area contributed by atoms with Gasteiger partial charge in [-0.25, -0.2) is 0 Å². The fraction of sp³-hybridized carbons (Fsp3) is 1.00. The minimum Gasteiger partial charge on any atom is -0.147 e. The summed E-state index contributed by atoms with van der Waals surface area (Å²) < 4.78 is 13.6. The Kier molecular flexibility index (Phi) is 81.8. The number of hydrogen-bond acceptors (Lipinski definition) is 3. The van der Waals surface area contributed by atoms with E-state index >= 15 is 0 Å². The average Bonchev–Trinajstić information content (AvgIpc) is 3.50. The van der Waals surface area contributed by atoms with Gasteiger partial charge in [0.15, 0.2) is 0 Å². The van der Waals surface area contributed by atoms with Gasteiger partial charge in [0, 0.05) is 0 Å². The van der Waals surface area contributed by atoms with Gasteiger partial charge in [0.2, 0.25) is 0 Å². The van der Waals surface area contributed by atoms with Crippen molar-refractivity contribution in [3.8, 4) is 0 Å². The molecule has 0 saturated heterocycles. The third-order valence-electron chi connectivity index (χ3n) is 18.9. The molecule has 0 bridgehead atoms. The van der Waals surface area contributed by atoms with E-state index in [1.807, 2.05) is 0 Å². The van der Waals surface area contributed by atoms with Gasteiger partial charge in [0.1, 0.15) is 0 Å². The van der Waals surface area contributed by atoms with E-state index in [0.29, 0.717) is 0 Å². The summed E-state index contributed by atoms with van der Waals surface area (Å²) >= 11 is -2.11. The zero-order valence-electron chi connectivity index (χ0n) is 58.8. The zero-order chi connectivity index (χ0) is 59.1. The van der Waals surface area contributed by atoms with Crippen LogP contribution in [0.4, 0.5) is 0 Å². The molecule has 0 aromatic carbocycles. The van der Waals surface area contributed by atoms with Gasteiger partial charge < -0.3 is 0 Å². The molecule has 0 fully saturated rings. The Balaban J connectivity index is 0. The SMILES string of the molecule is CCCCCCCCCCCCCCCCCC[N](CCCCCCCCCCCCCCCCCC)[Ti]([O]CCCCCC)[N](CCCCCCCCCCCCCCCCCC)CCCCCCCCCCCCCCCCCC.Cl. The molecule has 0 N–H and O–H groups in total. The van der Waals surface area contributed by atoms with Crippen LogP contribution in [0.1, 0.15) is 471 Å². The number of hydrogen-bond donors (Lipinski definition) is 0. The molecule has 3 nitrogen and oxygen atoms in total. The van der Waals surface area contributed by atoms with Crippen molar-refractivity contribution in [2.45, 2.75) is 471 Å². The quantitative estimate of drug-likeness (QED) is 0.0446. The van der Waals surface area contributed by atoms with Gasteiger partial charge in [-0.05, 0) is 0 Å². The van der Waals surface area contributed by atoms with E-state index in [2.05, 4.69) is 41.4 Å². The van der Waals surface area contributed by atoms with Crippen LogP contribution in [0.25, 0.3) is 0 Å². The predicted octanol–water partition coefficient (Wildman–Crippen LogP) is 29.0. The predicted molar refractivity (Wildman–Crippen MR) is 379 cm³/mol. The van der Waals surface area contributed by atoms with Gasteiger partial charge in [-0.2, -0.15) is 0 Å². The van der Waals surface area contributed by atoms with Gasteiger partial charge >= 0.3 is 351 Å². The van der Waals surface area contributed by atoms with E-state index in [4.69, 9.17) is 3.32 Å². The van der Waals surface area contributed by atoms with Gasteiger partial charge in [0.05, 0.1) is 0 Å². The summed E-state index contributed by atoms with van der Waals surface area (Å²) in [5.74, 6) is 0. The molecular formula is C78H162ClN2OTi. The number of nitrogens with zero attached hydrogens (tertiary/aromatic N) is 2. The molecular weight excluding hydrogens is 1060 g/mol. The molecule has 0 atom stereocenters. The van der Waals surface area contributed by atoms with Crippen molar-refractivity contribution in [2.24, 2.45) is 0 Å². The Hall–Kier alpha value is 0.884. The Labute approximate surface area is 541 Å². The van der Waals surface area contributed by atoms with E-state index in [9.17, 15) is 0 Å². The molecule has 0 aliphatic rings. The van der Waals surface area contributed by atoms with Crippen molar-refractivity contribution in [2.75, 3.05) is 32.8 Å². The van der Waals surface area contributed by atoms with Gasteiger partial charge in [0.25, 0.3) is 0 Å². The molecule has 0 heterocycles. The summed E-state index contributed by atoms with van der Waals surface area (Å²) in [5, 5.41) is 0. The molecule has 0 aliphatic heterocycles. The molecule has 0 spiro atoms. The first kappa shape index (κ1) is 85.9. The van der Waals surface area contributed by atoms with Crippen molar-refractivity contribution in [3.63, 3.8) is 0 Å². The Morgan fingerprint density at radius 3 is 0.434 bits per heavy atom. The van der Waals surface area contributed by atoms with Crippen LogP contribution >= 0.6 is 12.4 Å². The summed E-state index contributed by atoms with van der Waals surface area (Å²) in [6.07, 6.45) is 98.3. The number of unbranched alkanes of at least 4 members (excludes halogenated alkanes) is 63. The second-order valence-corrected chi connectivity index (χ2v) is 30.7. The number of rotatable bonds is 76. The molecule has 0 saturated carbocycles. The van der Waals surface area contributed by atoms with Crippen molar-refractivity contribution < 1.29 is 22.1 Å². The molecule has 0 aromatic rings. The van der Waals surface area contributed by atoms with E-state index in [1.54, 1.807) is 0 Å². The number of halogens is 1. The zero-order valence-corrected chi connectivity index (χ0v) is 61.2. The fourth-order valence-corrected chi connectivity index (χ4v) is 17.0. The van der Waals surface area contributed by atoms with Crippen LogP contribution in [-0.2, 0) is 22.1 Å². The Morgan fingerprint density at radius 2 is 0.289 bits per heavy atom. The Morgan fingerprint density at radius 1 is 0.169 bits per heavy atom. The van der Waals surface area contributed by atoms with Crippen molar-refractivity contribution in [1.29, 1.82) is 0 Å². The normalized spacial score (nSPS) is 11.7. The van der Waals surface area contributed by atoms with Gasteiger partial charge in [-0.1, -0.05) is 182 Å². The second kappa shape index (κ2) is 79.0. The van der Waals surface area contributed by atoms with E-state index in [0.717, 1.165) is 6.61 Å². The molecule has 501 valence electrons. The van der Waals surface area contributed by atoms with Crippen LogP contribution < -0.4 is 0 Å². The van der Waals surface area contributed by atoms with Crippen LogP contribution in [0.3, 0.4) is 0 Å². The molecule has 5 heteroatoms. The monoisotopic (exact) mass is 1230 g/mol. The standard InChI is InChI=1S/2C36H74N.C6H13O.ClH.Ti/c2*1-3-5-7-9-11-13-15-17-19-21-23-25-27-29-31-33-35-37-36-34-32-30-28-26-24-22-20-18-16-14-12-10-8-6-4-2;1-2-3-4-5-6-7;;/h2*3-36H2,1-2H3;2-6H2,1H3;1H;/q3*-1;;+3. The Bertz CT molecular complexity index is 947. The van der Waals surface area contributed by atoms with E-state index in [1.165, 1.54) is 463 Å². The minimum atomic E-state index is -2.11. The molecule has 0 aromatic heterocycles. The maximum atomic E-state index is 7.45. The summed E-state index contributed by atoms with van der Waals surface area (Å²) in [4.78, 5) is 0. The molecule has 0 radical (unpaired) electrons. The third-order valence-corrected chi connectivity index (χ3v) is 22.7. The van der Waals surface area contributed by atoms with Crippen LogP contribution in [0.2, 0.25) is 0 Å². The topological polar surface area (TPSA) is 15.7 Å². The van der Waals surface area contributed by atoms with Crippen LogP contribution in [0.5, 0.6) is 0 Å². The van der Waals surface area contributed by atoms with Crippen LogP contribution in [-0.4, -0.2) is 39.5 Å². The van der Waals surface area contributed by atoms with E-state index in [-0.39, 0.29) is 12.4 Å². The maximum absolute atomic E-state index is 7.45. The molecule has 83 heavy (non-hydrogen) atoms. The average molecular weight is 1230 g/mol.